The van der Waals surface area contributed by atoms with Crippen LogP contribution in [0, 0.1) is 5.92 Å². The summed E-state index contributed by atoms with van der Waals surface area (Å²) in [5.74, 6) is -0.294. The molecule has 0 radical (unpaired) electrons. The quantitative estimate of drug-likeness (QED) is 0.0233. The minimum Gasteiger partial charge on any atom is -0.462 e. The number of ether oxygens (including phenoxy) is 2. The van der Waals surface area contributed by atoms with E-state index in [0.29, 0.717) is 19.3 Å². The number of phosphoric acid groups is 1. The van der Waals surface area contributed by atoms with Crippen LogP contribution in [0.2, 0.25) is 0 Å². The second-order valence-electron chi connectivity index (χ2n) is 11.8. The normalized spacial score (nSPS) is 14.2. The van der Waals surface area contributed by atoms with E-state index in [1.807, 2.05) is 48.6 Å². The molecule has 0 saturated heterocycles. The first-order valence-corrected chi connectivity index (χ1v) is 18.7. The molecule has 0 rings (SSSR count). The second-order valence-corrected chi connectivity index (χ2v) is 13.0. The lowest BCUT2D eigenvalue weighted by Gasteiger charge is -2.18. The third-order valence-corrected chi connectivity index (χ3v) is 7.25. The predicted octanol–water partition coefficient (Wildman–Crippen LogP) is 8.78. The molecule has 0 bridgehead atoms. The lowest BCUT2D eigenvalue weighted by molar-refractivity contribution is -0.161. The van der Waals surface area contributed by atoms with Crippen molar-refractivity contribution in [2.45, 2.75) is 129 Å². The topological polar surface area (TPSA) is 140 Å². The Balaban J connectivity index is 4.22. The molecule has 0 aliphatic rings. The van der Waals surface area contributed by atoms with Gasteiger partial charge >= 0.3 is 19.8 Å². The Morgan fingerprint density at radius 2 is 1.34 bits per heavy atom. The first-order chi connectivity index (χ1) is 22.5. The smallest absolute Gasteiger partial charge is 0.462 e. The van der Waals surface area contributed by atoms with Gasteiger partial charge < -0.3 is 24.4 Å². The molecule has 0 aliphatic carbocycles. The summed E-state index contributed by atoms with van der Waals surface area (Å²) >= 11 is 0. The van der Waals surface area contributed by atoms with Crippen LogP contribution in [0.15, 0.2) is 72.9 Å². The van der Waals surface area contributed by atoms with Crippen molar-refractivity contribution in [2.24, 2.45) is 5.92 Å². The highest BCUT2D eigenvalue weighted by Gasteiger charge is 2.22. The zero-order valence-corrected chi connectivity index (χ0v) is 29.8. The van der Waals surface area contributed by atoms with Gasteiger partial charge in [0.15, 0.2) is 6.10 Å². The zero-order chi connectivity index (χ0) is 35.0. The molecule has 47 heavy (non-hydrogen) atoms. The van der Waals surface area contributed by atoms with Gasteiger partial charge in [-0.15, -0.1) is 0 Å². The highest BCUT2D eigenvalue weighted by molar-refractivity contribution is 7.46. The summed E-state index contributed by atoms with van der Waals surface area (Å²) in [6.07, 6.45) is 34.3. The molecule has 2 atom stereocenters. The summed E-state index contributed by atoms with van der Waals surface area (Å²) in [6, 6.07) is 0. The molecule has 0 spiro atoms. The Morgan fingerprint density at radius 3 is 1.98 bits per heavy atom. The Morgan fingerprint density at radius 1 is 0.723 bits per heavy atom. The van der Waals surface area contributed by atoms with Crippen LogP contribution in [-0.2, 0) is 28.2 Å². The van der Waals surface area contributed by atoms with Crippen LogP contribution >= 0.6 is 7.82 Å². The van der Waals surface area contributed by atoms with Crippen LogP contribution in [0.1, 0.15) is 117 Å². The van der Waals surface area contributed by atoms with Crippen molar-refractivity contribution in [3.63, 3.8) is 0 Å². The van der Waals surface area contributed by atoms with Gasteiger partial charge in [-0.1, -0.05) is 132 Å². The first-order valence-electron chi connectivity index (χ1n) is 17.2. The van der Waals surface area contributed by atoms with Gasteiger partial charge in [0.05, 0.1) is 12.7 Å². The number of carbonyl (C=O) groups is 2. The molecule has 268 valence electrons. The van der Waals surface area contributed by atoms with Crippen molar-refractivity contribution in [1.82, 2.24) is 0 Å². The highest BCUT2D eigenvalue weighted by Crippen LogP contribution is 2.35. The Labute approximate surface area is 283 Å². The molecule has 0 saturated carbocycles. The van der Waals surface area contributed by atoms with Crippen LogP contribution in [0.3, 0.4) is 0 Å². The number of unbranched alkanes of at least 4 members (excludes halogenated alkanes) is 5. The van der Waals surface area contributed by atoms with Crippen molar-refractivity contribution in [1.29, 1.82) is 0 Å². The van der Waals surface area contributed by atoms with Crippen LogP contribution in [0.25, 0.3) is 0 Å². The maximum Gasteiger partial charge on any atom is 0.469 e. The third-order valence-electron chi connectivity index (χ3n) is 6.76. The van der Waals surface area contributed by atoms with E-state index in [1.165, 1.54) is 19.3 Å². The highest BCUT2D eigenvalue weighted by atomic mass is 31.2. The minimum atomic E-state index is -4.78. The lowest BCUT2D eigenvalue weighted by atomic mass is 10.0. The fourth-order valence-electron chi connectivity index (χ4n) is 4.19. The largest absolute Gasteiger partial charge is 0.469 e. The molecule has 0 heterocycles. The van der Waals surface area contributed by atoms with Crippen molar-refractivity contribution >= 4 is 19.8 Å². The van der Waals surface area contributed by atoms with Crippen molar-refractivity contribution in [2.75, 3.05) is 13.2 Å². The van der Waals surface area contributed by atoms with E-state index in [-0.39, 0.29) is 19.4 Å². The molecule has 0 aromatic heterocycles. The van der Waals surface area contributed by atoms with E-state index >= 15 is 0 Å². The first kappa shape index (κ1) is 44.5. The van der Waals surface area contributed by atoms with E-state index in [4.69, 9.17) is 19.3 Å². The molecule has 0 fully saturated rings. The molecule has 3 N–H and O–H groups in total. The van der Waals surface area contributed by atoms with E-state index in [2.05, 4.69) is 43.5 Å². The maximum absolute atomic E-state index is 12.3. The Kier molecular flexibility index (Phi) is 29.1. The molecule has 0 aromatic carbocycles. The van der Waals surface area contributed by atoms with Crippen LogP contribution in [0.4, 0.5) is 0 Å². The van der Waals surface area contributed by atoms with E-state index < -0.39 is 38.6 Å². The van der Waals surface area contributed by atoms with Gasteiger partial charge in [-0.25, -0.2) is 4.57 Å². The van der Waals surface area contributed by atoms with Gasteiger partial charge in [-0.05, 0) is 50.9 Å². The molecule has 10 heteroatoms. The third kappa shape index (κ3) is 34.6. The zero-order valence-electron chi connectivity index (χ0n) is 28.9. The predicted molar refractivity (Wildman–Crippen MR) is 189 cm³/mol. The summed E-state index contributed by atoms with van der Waals surface area (Å²) in [4.78, 5) is 42.5. The maximum atomic E-state index is 12.3. The molecule has 0 aromatic rings. The number of hydrogen-bond donors (Lipinski definition) is 3. The molecule has 0 amide bonds. The average molecular weight is 681 g/mol. The van der Waals surface area contributed by atoms with Gasteiger partial charge in [0.1, 0.15) is 6.61 Å². The summed E-state index contributed by atoms with van der Waals surface area (Å²) < 4.78 is 26.1. The SMILES string of the molecule is CC/C=C\CC(O)/C=C/C=C/C/C=C\C/C=C\C/C=C\CCC(=O)O[C@H](COC(=O)CCCCCCCCC(C)C)COP(=O)(O)O. The summed E-state index contributed by atoms with van der Waals surface area (Å²) in [5.41, 5.74) is 0. The monoisotopic (exact) mass is 680 g/mol. The fourth-order valence-corrected chi connectivity index (χ4v) is 4.56. The summed E-state index contributed by atoms with van der Waals surface area (Å²) in [6.45, 7) is 5.60. The standard InChI is InChI=1S/C37H61O9P/c1-4-5-21-27-34(38)28-23-18-13-11-9-7-6-8-10-12-14-20-25-30-37(40)46-35(32-45-47(41,42)43)31-44-36(39)29-24-19-16-15-17-22-26-33(2)3/h5,7-10,13-14,18,20-21,23,28,33-35,38H,4,6,11-12,15-17,19,22,24-27,29-32H2,1-3H3,(H2,41,42,43)/b9-7-,10-8-,18-13+,20-14-,21-5-,28-23+/t34?,35-/m1/s1. The number of aliphatic hydroxyl groups is 1. The minimum absolute atomic E-state index is 0.0675. The molecule has 9 nitrogen and oxygen atoms in total. The molecular weight excluding hydrogens is 619 g/mol. The van der Waals surface area contributed by atoms with E-state index in [1.54, 1.807) is 6.08 Å². The Bertz CT molecular complexity index is 1020. The summed E-state index contributed by atoms with van der Waals surface area (Å²) in [5, 5.41) is 9.79. The van der Waals surface area contributed by atoms with Gasteiger partial charge in [-0.2, -0.15) is 0 Å². The van der Waals surface area contributed by atoms with Gasteiger partial charge in [0.2, 0.25) is 0 Å². The van der Waals surface area contributed by atoms with Crippen LogP contribution in [-0.4, -0.2) is 52.3 Å². The fraction of sp³-hybridized carbons (Fsp3) is 0.622. The van der Waals surface area contributed by atoms with E-state index in [0.717, 1.165) is 50.9 Å². The van der Waals surface area contributed by atoms with Crippen LogP contribution < -0.4 is 0 Å². The number of rotatable bonds is 29. The summed E-state index contributed by atoms with van der Waals surface area (Å²) in [7, 11) is -4.78. The molecule has 1 unspecified atom stereocenters. The number of hydrogen-bond acceptors (Lipinski definition) is 7. The van der Waals surface area contributed by atoms with Gasteiger partial charge in [0, 0.05) is 12.8 Å². The number of aliphatic hydroxyl groups excluding tert-OH is 1. The number of carbonyl (C=O) groups excluding carboxylic acids is 2. The van der Waals surface area contributed by atoms with Gasteiger partial charge in [0.25, 0.3) is 0 Å². The molecule has 0 aliphatic heterocycles. The number of esters is 2. The number of phosphoric ester groups is 1. The average Bonchev–Trinajstić information content (AvgIpc) is 3.01. The van der Waals surface area contributed by atoms with Crippen molar-refractivity contribution in [3.8, 4) is 0 Å². The van der Waals surface area contributed by atoms with Crippen molar-refractivity contribution < 1.29 is 43.0 Å². The molecular formula is C37H61O9P. The van der Waals surface area contributed by atoms with Crippen molar-refractivity contribution in [3.05, 3.63) is 72.9 Å². The van der Waals surface area contributed by atoms with E-state index in [9.17, 15) is 19.3 Å². The Hall–Kier alpha value is -2.55. The lowest BCUT2D eigenvalue weighted by Crippen LogP contribution is -2.29. The second kappa shape index (κ2) is 30.8. The van der Waals surface area contributed by atoms with Gasteiger partial charge in [-0.3, -0.25) is 14.1 Å². The van der Waals surface area contributed by atoms with Crippen LogP contribution in [0.5, 0.6) is 0 Å². The number of allylic oxidation sites excluding steroid dienone is 10.